The molecule has 1 N–H and O–H groups in total. The maximum atomic E-state index is 5.62. The number of hydrogen-bond donors (Lipinski definition) is 1. The number of anilines is 1. The monoisotopic (exact) mass is 439 g/mol. The molecule has 0 spiro atoms. The van der Waals surface area contributed by atoms with Crippen LogP contribution in [-0.4, -0.2) is 13.2 Å². The van der Waals surface area contributed by atoms with Gasteiger partial charge in [0.15, 0.2) is 0 Å². The summed E-state index contributed by atoms with van der Waals surface area (Å²) in [5, 5.41) is 3.39. The molecule has 2 aromatic rings. The highest BCUT2D eigenvalue weighted by Gasteiger charge is 2.08. The van der Waals surface area contributed by atoms with Crippen molar-refractivity contribution in [1.29, 1.82) is 0 Å². The molecule has 0 aliphatic heterocycles. The molecule has 0 fully saturated rings. The molecule has 0 atom stereocenters. The first-order valence-corrected chi connectivity index (χ1v) is 8.91. The molecule has 0 aliphatic carbocycles. The van der Waals surface area contributed by atoms with E-state index in [9.17, 15) is 0 Å². The first-order chi connectivity index (χ1) is 11.1. The highest BCUT2D eigenvalue weighted by atomic mass is 79.9. The van der Waals surface area contributed by atoms with Crippen molar-refractivity contribution in [3.63, 3.8) is 0 Å². The molecule has 0 saturated carbocycles. The van der Waals surface area contributed by atoms with Crippen LogP contribution in [0.2, 0.25) is 0 Å². The molecule has 0 radical (unpaired) electrons. The first kappa shape index (κ1) is 17.9. The number of rotatable bonds is 8. The van der Waals surface area contributed by atoms with Gasteiger partial charge in [-0.3, -0.25) is 0 Å². The molecule has 2 aromatic carbocycles. The summed E-state index contributed by atoms with van der Waals surface area (Å²) < 4.78 is 12.9. The van der Waals surface area contributed by atoms with Gasteiger partial charge in [-0.25, -0.2) is 0 Å². The Kier molecular flexibility index (Phi) is 6.99. The van der Waals surface area contributed by atoms with E-state index in [-0.39, 0.29) is 0 Å². The second kappa shape index (κ2) is 8.99. The van der Waals surface area contributed by atoms with E-state index in [4.69, 9.17) is 9.47 Å². The lowest BCUT2D eigenvalue weighted by molar-refractivity contribution is 0.340. The molecule has 0 saturated heterocycles. The van der Waals surface area contributed by atoms with Crippen molar-refractivity contribution in [3.8, 4) is 11.5 Å². The van der Waals surface area contributed by atoms with Crippen molar-refractivity contribution in [1.82, 2.24) is 0 Å². The van der Waals surface area contributed by atoms with Crippen LogP contribution in [0, 0.1) is 0 Å². The predicted octanol–water partition coefficient (Wildman–Crippen LogP) is 5.79. The Hall–Kier alpha value is -1.46. The topological polar surface area (TPSA) is 30.5 Å². The third kappa shape index (κ3) is 5.29. The Morgan fingerprint density at radius 3 is 2.30 bits per heavy atom. The lowest BCUT2D eigenvalue weighted by Gasteiger charge is -2.12. The molecule has 0 heterocycles. The average Bonchev–Trinajstić information content (AvgIpc) is 2.54. The third-order valence-corrected chi connectivity index (χ3v) is 4.24. The van der Waals surface area contributed by atoms with E-state index in [1.807, 2.05) is 43.3 Å². The normalized spacial score (nSPS) is 10.2. The first-order valence-electron chi connectivity index (χ1n) is 7.32. The van der Waals surface area contributed by atoms with Gasteiger partial charge in [-0.1, -0.05) is 12.7 Å². The standard InChI is InChI=1S/C18H19Br2NO2/c1-3-9-23-18-16(19)10-13(11-17(18)20)12-21-14-5-7-15(8-6-14)22-4-2/h3,5-8,10-11,21H,1,4,9,12H2,2H3. The van der Waals surface area contributed by atoms with Gasteiger partial charge in [0.2, 0.25) is 0 Å². The molecule has 2 rings (SSSR count). The quantitative estimate of drug-likeness (QED) is 0.527. The second-order valence-corrected chi connectivity index (χ2v) is 6.51. The Morgan fingerprint density at radius 1 is 1.09 bits per heavy atom. The van der Waals surface area contributed by atoms with Gasteiger partial charge in [-0.15, -0.1) is 0 Å². The molecule has 122 valence electrons. The highest BCUT2D eigenvalue weighted by Crippen LogP contribution is 2.35. The minimum Gasteiger partial charge on any atom is -0.494 e. The molecule has 3 nitrogen and oxygen atoms in total. The van der Waals surface area contributed by atoms with E-state index in [0.717, 1.165) is 31.7 Å². The summed E-state index contributed by atoms with van der Waals surface area (Å²) in [6.07, 6.45) is 1.72. The fourth-order valence-corrected chi connectivity index (χ4v) is 3.54. The molecule has 0 amide bonds. The molecule has 0 aromatic heterocycles. The summed E-state index contributed by atoms with van der Waals surface area (Å²) in [6.45, 7) is 7.50. The van der Waals surface area contributed by atoms with E-state index < -0.39 is 0 Å². The largest absolute Gasteiger partial charge is 0.494 e. The Labute approximate surface area is 154 Å². The van der Waals surface area contributed by atoms with Gasteiger partial charge in [-0.2, -0.15) is 0 Å². The zero-order valence-electron chi connectivity index (χ0n) is 12.9. The van der Waals surface area contributed by atoms with Crippen LogP contribution < -0.4 is 14.8 Å². The minimum absolute atomic E-state index is 0.473. The van der Waals surface area contributed by atoms with Crippen molar-refractivity contribution >= 4 is 37.5 Å². The van der Waals surface area contributed by atoms with Gasteiger partial charge < -0.3 is 14.8 Å². The van der Waals surface area contributed by atoms with Crippen LogP contribution in [0.15, 0.2) is 58.0 Å². The number of benzene rings is 2. The van der Waals surface area contributed by atoms with E-state index in [0.29, 0.717) is 19.8 Å². The average molecular weight is 441 g/mol. The summed E-state index contributed by atoms with van der Waals surface area (Å²) in [4.78, 5) is 0. The van der Waals surface area contributed by atoms with E-state index >= 15 is 0 Å². The summed E-state index contributed by atoms with van der Waals surface area (Å²) in [7, 11) is 0. The molecule has 0 unspecified atom stereocenters. The van der Waals surface area contributed by atoms with E-state index in [1.165, 1.54) is 0 Å². The highest BCUT2D eigenvalue weighted by molar-refractivity contribution is 9.11. The minimum atomic E-state index is 0.473. The lowest BCUT2D eigenvalue weighted by Crippen LogP contribution is -2.01. The Bertz CT molecular complexity index is 634. The van der Waals surface area contributed by atoms with Crippen LogP contribution in [0.4, 0.5) is 5.69 Å². The zero-order chi connectivity index (χ0) is 16.7. The maximum absolute atomic E-state index is 5.62. The van der Waals surface area contributed by atoms with Crippen molar-refractivity contribution in [2.75, 3.05) is 18.5 Å². The maximum Gasteiger partial charge on any atom is 0.148 e. The van der Waals surface area contributed by atoms with Gasteiger partial charge in [0, 0.05) is 12.2 Å². The second-order valence-electron chi connectivity index (χ2n) is 4.80. The molecule has 5 heteroatoms. The fourth-order valence-electron chi connectivity index (χ4n) is 2.03. The number of nitrogens with one attached hydrogen (secondary N) is 1. The molecule has 0 bridgehead atoms. The van der Waals surface area contributed by atoms with Crippen LogP contribution in [0.25, 0.3) is 0 Å². The van der Waals surface area contributed by atoms with E-state index in [1.54, 1.807) is 6.08 Å². The van der Waals surface area contributed by atoms with Gasteiger partial charge in [0.1, 0.15) is 18.1 Å². The summed E-state index contributed by atoms with van der Waals surface area (Å²) in [6, 6.07) is 12.0. The van der Waals surface area contributed by atoms with Crippen molar-refractivity contribution in [2.45, 2.75) is 13.5 Å². The van der Waals surface area contributed by atoms with Crippen molar-refractivity contribution in [2.24, 2.45) is 0 Å². The van der Waals surface area contributed by atoms with Crippen LogP contribution in [-0.2, 0) is 6.54 Å². The van der Waals surface area contributed by atoms with Gasteiger partial charge >= 0.3 is 0 Å². The van der Waals surface area contributed by atoms with Crippen LogP contribution in [0.5, 0.6) is 11.5 Å². The van der Waals surface area contributed by atoms with Crippen molar-refractivity contribution < 1.29 is 9.47 Å². The Balaban J connectivity index is 2.01. The smallest absolute Gasteiger partial charge is 0.148 e. The van der Waals surface area contributed by atoms with Crippen LogP contribution >= 0.6 is 31.9 Å². The van der Waals surface area contributed by atoms with Gasteiger partial charge in [0.05, 0.1) is 15.6 Å². The fraction of sp³-hybridized carbons (Fsp3) is 0.222. The van der Waals surface area contributed by atoms with Crippen molar-refractivity contribution in [3.05, 3.63) is 63.6 Å². The number of hydrogen-bond acceptors (Lipinski definition) is 3. The van der Waals surface area contributed by atoms with Gasteiger partial charge in [-0.05, 0) is 80.7 Å². The zero-order valence-corrected chi connectivity index (χ0v) is 16.1. The summed E-state index contributed by atoms with van der Waals surface area (Å²) in [5.74, 6) is 1.67. The molecular formula is C18H19Br2NO2. The number of halogens is 2. The molecular weight excluding hydrogens is 422 g/mol. The predicted molar refractivity (Wildman–Crippen MR) is 102 cm³/mol. The van der Waals surface area contributed by atoms with Gasteiger partial charge in [0.25, 0.3) is 0 Å². The molecule has 0 aliphatic rings. The number of ether oxygens (including phenoxy) is 2. The third-order valence-electron chi connectivity index (χ3n) is 3.07. The van der Waals surface area contributed by atoms with Crippen LogP contribution in [0.3, 0.4) is 0 Å². The SMILES string of the molecule is C=CCOc1c(Br)cc(CNc2ccc(OCC)cc2)cc1Br. The summed E-state index contributed by atoms with van der Waals surface area (Å²) >= 11 is 7.10. The van der Waals surface area contributed by atoms with E-state index in [2.05, 4.69) is 43.8 Å². The van der Waals surface area contributed by atoms with Crippen LogP contribution in [0.1, 0.15) is 12.5 Å². The summed E-state index contributed by atoms with van der Waals surface area (Å²) in [5.41, 5.74) is 2.19. The Morgan fingerprint density at radius 2 is 1.74 bits per heavy atom. The molecule has 23 heavy (non-hydrogen) atoms. The lowest BCUT2D eigenvalue weighted by atomic mass is 10.2.